The van der Waals surface area contributed by atoms with E-state index in [2.05, 4.69) is 58.1 Å². The van der Waals surface area contributed by atoms with Crippen LogP contribution in [-0.4, -0.2) is 16.9 Å². The van der Waals surface area contributed by atoms with Gasteiger partial charge in [-0.05, 0) is 46.9 Å². The first-order valence-electron chi connectivity index (χ1n) is 12.7. The Morgan fingerprint density at radius 2 is 1.57 bits per heavy atom. The molecule has 1 unspecified atom stereocenters. The standard InChI is InChI=1S/C32H29N3O2/c36-32(33-20-22-10-3-1-4-11-22)29-19-27-26-16-7-8-17-28(26)34-31(27)30(35-29)24-14-9-15-25(18-24)37-21-23-12-5-2-6-13-23/h1-18,29-30,34-35H,19-21H2,(H,33,36)/t29-,30?/m0/s1. The molecule has 0 saturated carbocycles. The van der Waals surface area contributed by atoms with Crippen molar-refractivity contribution in [3.05, 3.63) is 137 Å². The van der Waals surface area contributed by atoms with Gasteiger partial charge in [-0.25, -0.2) is 0 Å². The van der Waals surface area contributed by atoms with Gasteiger partial charge < -0.3 is 15.0 Å². The van der Waals surface area contributed by atoms with Gasteiger partial charge in [0.15, 0.2) is 0 Å². The number of para-hydroxylation sites is 1. The third kappa shape index (κ3) is 4.99. The van der Waals surface area contributed by atoms with Crippen LogP contribution >= 0.6 is 0 Å². The summed E-state index contributed by atoms with van der Waals surface area (Å²) in [6.45, 7) is 1.01. The van der Waals surface area contributed by atoms with Gasteiger partial charge in [0.1, 0.15) is 12.4 Å². The average molecular weight is 488 g/mol. The molecule has 1 amide bonds. The lowest BCUT2D eigenvalue weighted by Gasteiger charge is -2.31. The van der Waals surface area contributed by atoms with Gasteiger partial charge in [-0.3, -0.25) is 10.1 Å². The van der Waals surface area contributed by atoms with E-state index >= 15 is 0 Å². The van der Waals surface area contributed by atoms with Crippen molar-refractivity contribution in [2.75, 3.05) is 0 Å². The van der Waals surface area contributed by atoms with E-state index in [0.717, 1.165) is 33.7 Å². The minimum absolute atomic E-state index is 0.00117. The van der Waals surface area contributed by atoms with Crippen molar-refractivity contribution >= 4 is 16.8 Å². The molecule has 0 spiro atoms. The number of rotatable bonds is 7. The minimum Gasteiger partial charge on any atom is -0.489 e. The quantitative estimate of drug-likeness (QED) is 0.277. The van der Waals surface area contributed by atoms with Crippen LogP contribution in [0, 0.1) is 0 Å². The molecule has 0 radical (unpaired) electrons. The smallest absolute Gasteiger partial charge is 0.237 e. The lowest BCUT2D eigenvalue weighted by molar-refractivity contribution is -0.123. The van der Waals surface area contributed by atoms with Crippen molar-refractivity contribution in [3.8, 4) is 5.75 Å². The maximum absolute atomic E-state index is 13.3. The Kier molecular flexibility index (Phi) is 6.44. The molecule has 5 nitrogen and oxygen atoms in total. The topological polar surface area (TPSA) is 66.2 Å². The number of amides is 1. The van der Waals surface area contributed by atoms with E-state index in [1.54, 1.807) is 0 Å². The molecule has 3 N–H and O–H groups in total. The van der Waals surface area contributed by atoms with Crippen LogP contribution in [0.4, 0.5) is 0 Å². The van der Waals surface area contributed by atoms with E-state index in [4.69, 9.17) is 4.74 Å². The summed E-state index contributed by atoms with van der Waals surface area (Å²) < 4.78 is 6.12. The molecule has 4 aromatic carbocycles. The Morgan fingerprint density at radius 1 is 0.838 bits per heavy atom. The van der Waals surface area contributed by atoms with Gasteiger partial charge in [0.05, 0.1) is 12.1 Å². The molecule has 184 valence electrons. The summed E-state index contributed by atoms with van der Waals surface area (Å²) in [5.41, 5.74) is 6.64. The zero-order chi connectivity index (χ0) is 25.0. The van der Waals surface area contributed by atoms with Gasteiger partial charge in [-0.1, -0.05) is 91.0 Å². The second-order valence-electron chi connectivity index (χ2n) is 9.47. The molecule has 1 aliphatic rings. The van der Waals surface area contributed by atoms with Gasteiger partial charge in [0, 0.05) is 23.1 Å². The molecule has 2 heterocycles. The monoisotopic (exact) mass is 487 g/mol. The fourth-order valence-corrected chi connectivity index (χ4v) is 5.10. The summed E-state index contributed by atoms with van der Waals surface area (Å²) in [5, 5.41) is 7.92. The lowest BCUT2D eigenvalue weighted by atomic mass is 9.90. The number of aromatic nitrogens is 1. The Bertz CT molecular complexity index is 1510. The fraction of sp³-hybridized carbons (Fsp3) is 0.156. The molecule has 0 saturated heterocycles. The number of carbonyl (C=O) groups excluding carboxylic acids is 1. The highest BCUT2D eigenvalue weighted by molar-refractivity contribution is 5.88. The fourth-order valence-electron chi connectivity index (χ4n) is 5.10. The summed E-state index contributed by atoms with van der Waals surface area (Å²) in [6.07, 6.45) is 0.626. The Morgan fingerprint density at radius 3 is 2.38 bits per heavy atom. The van der Waals surface area contributed by atoms with Crippen LogP contribution in [0.5, 0.6) is 5.75 Å². The number of hydrogen-bond acceptors (Lipinski definition) is 3. The highest BCUT2D eigenvalue weighted by Crippen LogP contribution is 2.36. The summed E-state index contributed by atoms with van der Waals surface area (Å²) >= 11 is 0. The van der Waals surface area contributed by atoms with Crippen molar-refractivity contribution in [2.45, 2.75) is 31.7 Å². The molecule has 5 heteroatoms. The van der Waals surface area contributed by atoms with Crippen molar-refractivity contribution in [1.29, 1.82) is 0 Å². The van der Waals surface area contributed by atoms with Crippen molar-refractivity contribution < 1.29 is 9.53 Å². The highest BCUT2D eigenvalue weighted by atomic mass is 16.5. The Labute approximate surface area is 216 Å². The molecule has 6 rings (SSSR count). The van der Waals surface area contributed by atoms with Gasteiger partial charge >= 0.3 is 0 Å². The maximum Gasteiger partial charge on any atom is 0.237 e. The van der Waals surface area contributed by atoms with Crippen LogP contribution in [0.1, 0.15) is 34.0 Å². The zero-order valence-corrected chi connectivity index (χ0v) is 20.5. The molecule has 1 aliphatic heterocycles. The first-order valence-corrected chi connectivity index (χ1v) is 12.7. The maximum atomic E-state index is 13.3. The number of fused-ring (bicyclic) bond motifs is 3. The van der Waals surface area contributed by atoms with Crippen LogP contribution in [0.3, 0.4) is 0 Å². The molecule has 1 aromatic heterocycles. The highest BCUT2D eigenvalue weighted by Gasteiger charge is 2.34. The third-order valence-corrected chi connectivity index (χ3v) is 6.98. The Hall–Kier alpha value is -4.35. The summed E-state index contributed by atoms with van der Waals surface area (Å²) in [7, 11) is 0. The second kappa shape index (κ2) is 10.3. The number of carbonyl (C=O) groups is 1. The predicted molar refractivity (Wildman–Crippen MR) is 146 cm³/mol. The Balaban J connectivity index is 1.28. The van der Waals surface area contributed by atoms with Crippen molar-refractivity contribution in [1.82, 2.24) is 15.6 Å². The largest absolute Gasteiger partial charge is 0.489 e. The van der Waals surface area contributed by atoms with E-state index < -0.39 is 0 Å². The molecule has 37 heavy (non-hydrogen) atoms. The van der Waals surface area contributed by atoms with Crippen LogP contribution in [0.2, 0.25) is 0 Å². The number of aromatic amines is 1. The molecular weight excluding hydrogens is 458 g/mol. The van der Waals surface area contributed by atoms with Crippen LogP contribution in [-0.2, 0) is 24.4 Å². The number of nitrogens with one attached hydrogen (secondary N) is 3. The predicted octanol–water partition coefficient (Wildman–Crippen LogP) is 5.67. The average Bonchev–Trinajstić information content (AvgIpc) is 3.34. The molecule has 2 atom stereocenters. The van der Waals surface area contributed by atoms with Gasteiger partial charge in [-0.2, -0.15) is 0 Å². The number of H-pyrrole nitrogens is 1. The third-order valence-electron chi connectivity index (χ3n) is 6.98. The minimum atomic E-state index is -0.352. The second-order valence-corrected chi connectivity index (χ2v) is 9.47. The van der Waals surface area contributed by atoms with Crippen molar-refractivity contribution in [3.63, 3.8) is 0 Å². The van der Waals surface area contributed by atoms with E-state index in [1.165, 1.54) is 10.9 Å². The number of ether oxygens (including phenoxy) is 1. The summed E-state index contributed by atoms with van der Waals surface area (Å²) in [6, 6.07) is 36.1. The van der Waals surface area contributed by atoms with E-state index in [0.29, 0.717) is 19.6 Å². The first-order chi connectivity index (χ1) is 18.2. The number of hydrogen-bond donors (Lipinski definition) is 3. The lowest BCUT2D eigenvalue weighted by Crippen LogP contribution is -2.49. The number of benzene rings is 4. The van der Waals surface area contributed by atoms with Crippen molar-refractivity contribution in [2.24, 2.45) is 0 Å². The van der Waals surface area contributed by atoms with E-state index in [1.807, 2.05) is 66.7 Å². The van der Waals surface area contributed by atoms with Crippen LogP contribution in [0.15, 0.2) is 109 Å². The van der Waals surface area contributed by atoms with Gasteiger partial charge in [0.2, 0.25) is 5.91 Å². The van der Waals surface area contributed by atoms with Gasteiger partial charge in [-0.15, -0.1) is 0 Å². The first kappa shape index (κ1) is 23.1. The molecule has 0 fully saturated rings. The summed E-state index contributed by atoms with van der Waals surface area (Å²) in [5.74, 6) is 0.803. The SMILES string of the molecule is O=C(NCc1ccccc1)[C@@H]1Cc2c([nH]c3ccccc23)C(c2cccc(OCc3ccccc3)c2)N1. The molecule has 5 aromatic rings. The summed E-state index contributed by atoms with van der Waals surface area (Å²) in [4.78, 5) is 17.0. The zero-order valence-electron chi connectivity index (χ0n) is 20.5. The molecule has 0 aliphatic carbocycles. The van der Waals surface area contributed by atoms with E-state index in [9.17, 15) is 4.79 Å². The molecule has 0 bridgehead atoms. The normalized spacial score (nSPS) is 16.8. The van der Waals surface area contributed by atoms with Gasteiger partial charge in [0.25, 0.3) is 0 Å². The van der Waals surface area contributed by atoms with Crippen LogP contribution < -0.4 is 15.4 Å². The van der Waals surface area contributed by atoms with E-state index in [-0.39, 0.29) is 18.0 Å². The van der Waals surface area contributed by atoms with Crippen LogP contribution in [0.25, 0.3) is 10.9 Å². The molecular formula is C32H29N3O2.